The van der Waals surface area contributed by atoms with Gasteiger partial charge in [-0.25, -0.2) is 4.79 Å². The normalized spacial score (nSPS) is 17.5. The van der Waals surface area contributed by atoms with Crippen LogP contribution in [0.2, 0.25) is 0 Å². The zero-order chi connectivity index (χ0) is 29.3. The lowest BCUT2D eigenvalue weighted by atomic mass is 9.90. The van der Waals surface area contributed by atoms with E-state index in [2.05, 4.69) is 5.32 Å². The summed E-state index contributed by atoms with van der Waals surface area (Å²) in [6.45, 7) is 0.0873. The topological polar surface area (TPSA) is 129 Å². The number of rotatable bonds is 7. The molecule has 0 spiro atoms. The van der Waals surface area contributed by atoms with E-state index in [9.17, 15) is 24.3 Å². The van der Waals surface area contributed by atoms with Crippen LogP contribution in [-0.2, 0) is 19.1 Å². The van der Waals surface area contributed by atoms with Crippen molar-refractivity contribution < 1.29 is 29.0 Å². The molecular weight excluding hydrogens is 524 g/mol. The summed E-state index contributed by atoms with van der Waals surface area (Å²) in [6.07, 6.45) is -0.793. The third-order valence-electron chi connectivity index (χ3n) is 7.27. The fourth-order valence-corrected chi connectivity index (χ4v) is 5.12. The van der Waals surface area contributed by atoms with E-state index in [1.165, 1.54) is 16.9 Å². The van der Waals surface area contributed by atoms with Crippen molar-refractivity contribution >= 4 is 46.5 Å². The lowest BCUT2D eigenvalue weighted by molar-refractivity contribution is -0.131. The molecule has 10 heteroatoms. The van der Waals surface area contributed by atoms with Gasteiger partial charge in [0.2, 0.25) is 17.7 Å². The summed E-state index contributed by atoms with van der Waals surface area (Å²) in [6, 6.07) is 19.4. The van der Waals surface area contributed by atoms with Crippen LogP contribution in [0.1, 0.15) is 51.9 Å². The molecule has 0 aromatic heterocycles. The highest BCUT2D eigenvalue weighted by molar-refractivity contribution is 6.24. The highest BCUT2D eigenvalue weighted by Crippen LogP contribution is 2.40. The van der Waals surface area contributed by atoms with E-state index in [-0.39, 0.29) is 37.1 Å². The third kappa shape index (κ3) is 5.46. The number of hydrogen-bond acceptors (Lipinski definition) is 7. The molecule has 0 saturated heterocycles. The smallest absolute Gasteiger partial charge is 0.337 e. The third-order valence-corrected chi connectivity index (χ3v) is 7.27. The first-order valence-electron chi connectivity index (χ1n) is 13.2. The second kappa shape index (κ2) is 11.3. The van der Waals surface area contributed by atoms with Crippen molar-refractivity contribution in [1.29, 1.82) is 0 Å². The second-order valence-electron chi connectivity index (χ2n) is 10.1. The summed E-state index contributed by atoms with van der Waals surface area (Å²) >= 11 is 0. The molecule has 2 heterocycles. The van der Waals surface area contributed by atoms with Gasteiger partial charge in [-0.05, 0) is 41.5 Å². The number of β-amino-alcohol motifs (C(OH)–C–C–N with tert-alkyl or cyclic N) is 1. The molecule has 5 rings (SSSR count). The van der Waals surface area contributed by atoms with Crippen LogP contribution in [0.5, 0.6) is 0 Å². The Hall–Kier alpha value is -4.83. The number of carbonyl (C=O) groups excluding carboxylic acids is 4. The molecular formula is C31H30N4O6. The molecule has 3 aromatic carbocycles. The maximum Gasteiger partial charge on any atom is 0.337 e. The Morgan fingerprint density at radius 1 is 1.00 bits per heavy atom. The van der Waals surface area contributed by atoms with E-state index in [0.29, 0.717) is 39.5 Å². The molecule has 2 aliphatic rings. The molecule has 0 aliphatic carbocycles. The summed E-state index contributed by atoms with van der Waals surface area (Å²) in [5.41, 5.74) is 4.36. The van der Waals surface area contributed by atoms with Gasteiger partial charge in [-0.15, -0.1) is 0 Å². The van der Waals surface area contributed by atoms with Crippen molar-refractivity contribution in [2.24, 2.45) is 4.99 Å². The van der Waals surface area contributed by atoms with E-state index in [4.69, 9.17) is 9.73 Å². The minimum Gasteiger partial charge on any atom is -0.465 e. The summed E-state index contributed by atoms with van der Waals surface area (Å²) in [5.74, 6) is -1.92. The predicted octanol–water partition coefficient (Wildman–Crippen LogP) is 3.58. The van der Waals surface area contributed by atoms with Gasteiger partial charge in [-0.1, -0.05) is 36.4 Å². The van der Waals surface area contributed by atoms with Gasteiger partial charge in [-0.2, -0.15) is 0 Å². The molecule has 3 amide bonds. The lowest BCUT2D eigenvalue weighted by Gasteiger charge is -2.18. The van der Waals surface area contributed by atoms with Crippen LogP contribution in [0.3, 0.4) is 0 Å². The maximum atomic E-state index is 13.3. The van der Waals surface area contributed by atoms with Crippen molar-refractivity contribution in [2.45, 2.75) is 24.9 Å². The number of aliphatic imine (C=N–C) groups is 1. The Morgan fingerprint density at radius 3 is 2.46 bits per heavy atom. The van der Waals surface area contributed by atoms with Gasteiger partial charge in [0, 0.05) is 43.9 Å². The average Bonchev–Trinajstić information content (AvgIpc) is 3.49. The number of esters is 1. The van der Waals surface area contributed by atoms with Crippen molar-refractivity contribution in [1.82, 2.24) is 4.90 Å². The standard InChI is InChI=1S/C31H30N4O6/c1-34(2)26(37)13-14-27(38)35-17-25(36)22-16-20(10-12-24(22)35)32-29(18-7-5-4-6-8-18)28-21-11-9-19(31(40)41-3)15-23(21)33-30(28)39/h4-12,15-16,25,28,36H,13-14,17H2,1-3H3,(H,33,39). The van der Waals surface area contributed by atoms with Gasteiger partial charge in [0.25, 0.3) is 0 Å². The lowest BCUT2D eigenvalue weighted by Crippen LogP contribution is -2.31. The number of nitrogens with zero attached hydrogens (tertiary/aromatic N) is 3. The van der Waals surface area contributed by atoms with Crippen LogP contribution >= 0.6 is 0 Å². The Bertz CT molecular complexity index is 1570. The SMILES string of the molecule is COC(=O)c1ccc2c(c1)NC(=O)C2C(=Nc1ccc2c(c1)C(O)CN2C(=O)CCC(=O)N(C)C)c1ccccc1. The van der Waals surface area contributed by atoms with Gasteiger partial charge >= 0.3 is 5.97 Å². The minimum atomic E-state index is -0.916. The van der Waals surface area contributed by atoms with Crippen LogP contribution in [0, 0.1) is 0 Å². The number of fused-ring (bicyclic) bond motifs is 2. The number of aliphatic hydroxyl groups is 1. The molecule has 10 nitrogen and oxygen atoms in total. The van der Waals surface area contributed by atoms with Crippen molar-refractivity contribution in [3.05, 3.63) is 89.0 Å². The zero-order valence-corrected chi connectivity index (χ0v) is 23.0. The molecule has 41 heavy (non-hydrogen) atoms. The number of carbonyl (C=O) groups is 4. The summed E-state index contributed by atoms with van der Waals surface area (Å²) in [5, 5.41) is 13.7. The summed E-state index contributed by atoms with van der Waals surface area (Å²) < 4.78 is 4.81. The molecule has 0 fully saturated rings. The monoisotopic (exact) mass is 554 g/mol. The predicted molar refractivity (Wildman–Crippen MR) is 153 cm³/mol. The van der Waals surface area contributed by atoms with Crippen molar-refractivity contribution in [2.75, 3.05) is 38.0 Å². The first-order valence-corrected chi connectivity index (χ1v) is 13.2. The molecule has 2 unspecified atom stereocenters. The number of amides is 3. The fourth-order valence-electron chi connectivity index (χ4n) is 5.12. The number of hydrogen-bond donors (Lipinski definition) is 2. The number of methoxy groups -OCH3 is 1. The summed E-state index contributed by atoms with van der Waals surface area (Å²) in [7, 11) is 4.58. The van der Waals surface area contributed by atoms with Crippen molar-refractivity contribution in [3.8, 4) is 0 Å². The van der Waals surface area contributed by atoms with Gasteiger partial charge in [-0.3, -0.25) is 19.4 Å². The van der Waals surface area contributed by atoms with E-state index in [1.807, 2.05) is 30.3 Å². The number of anilines is 2. The van der Waals surface area contributed by atoms with Gasteiger partial charge < -0.3 is 25.0 Å². The fraction of sp³-hybridized carbons (Fsp3) is 0.258. The highest BCUT2D eigenvalue weighted by Gasteiger charge is 2.36. The van der Waals surface area contributed by atoms with Crippen LogP contribution in [0.25, 0.3) is 0 Å². The zero-order valence-electron chi connectivity index (χ0n) is 23.0. The molecule has 2 aliphatic heterocycles. The van der Waals surface area contributed by atoms with Crippen molar-refractivity contribution in [3.63, 3.8) is 0 Å². The van der Waals surface area contributed by atoms with Gasteiger partial charge in [0.15, 0.2) is 0 Å². The number of nitrogens with one attached hydrogen (secondary N) is 1. The molecule has 0 radical (unpaired) electrons. The minimum absolute atomic E-state index is 0.0368. The van der Waals surface area contributed by atoms with E-state index in [0.717, 1.165) is 5.56 Å². The van der Waals surface area contributed by atoms with E-state index >= 15 is 0 Å². The summed E-state index contributed by atoms with van der Waals surface area (Å²) in [4.78, 5) is 58.0. The molecule has 2 atom stereocenters. The van der Waals surface area contributed by atoms with Gasteiger partial charge in [0.05, 0.1) is 36.7 Å². The first-order chi connectivity index (χ1) is 19.7. The number of benzene rings is 3. The van der Waals surface area contributed by atoms with Crippen LogP contribution in [-0.4, -0.2) is 67.2 Å². The Labute approximate surface area is 237 Å². The molecule has 2 N–H and O–H groups in total. The molecule has 3 aromatic rings. The first kappa shape index (κ1) is 27.7. The Kier molecular flexibility index (Phi) is 7.67. The van der Waals surface area contributed by atoms with Crippen LogP contribution < -0.4 is 10.2 Å². The molecule has 0 bridgehead atoms. The highest BCUT2D eigenvalue weighted by atomic mass is 16.5. The largest absolute Gasteiger partial charge is 0.465 e. The van der Waals surface area contributed by atoms with Crippen LogP contribution in [0.15, 0.2) is 71.7 Å². The second-order valence-corrected chi connectivity index (χ2v) is 10.1. The van der Waals surface area contributed by atoms with Crippen LogP contribution in [0.4, 0.5) is 17.1 Å². The van der Waals surface area contributed by atoms with Gasteiger partial charge in [0.1, 0.15) is 5.92 Å². The number of ether oxygens (including phenoxy) is 1. The number of aliphatic hydroxyl groups excluding tert-OH is 1. The van der Waals surface area contributed by atoms with E-state index < -0.39 is 18.0 Å². The average molecular weight is 555 g/mol. The Morgan fingerprint density at radius 2 is 1.76 bits per heavy atom. The molecule has 210 valence electrons. The Balaban J connectivity index is 1.50. The molecule has 0 saturated carbocycles. The quantitative estimate of drug-likeness (QED) is 0.339. The van der Waals surface area contributed by atoms with E-state index in [1.54, 1.807) is 50.5 Å². The maximum absolute atomic E-state index is 13.3.